The van der Waals surface area contributed by atoms with E-state index in [1.807, 2.05) is 0 Å². The Morgan fingerprint density at radius 3 is 2.25 bits per heavy atom. The molecule has 0 radical (unpaired) electrons. The summed E-state index contributed by atoms with van der Waals surface area (Å²) in [6, 6.07) is 6.64. The zero-order chi connectivity index (χ0) is 15.4. The molecule has 0 saturated carbocycles. The third-order valence-electron chi connectivity index (χ3n) is 3.06. The van der Waals surface area contributed by atoms with Crippen molar-refractivity contribution in [2.45, 2.75) is 38.5 Å². The standard InChI is InChI=1S/C14H21NO4S/c1-4-5-11-6-8-12(9-7-11)20(18,19)15-10-14(2,3)13(16)17/h6-9,15H,4-5,10H2,1-3H3,(H,16,17). The first-order chi connectivity index (χ1) is 9.19. The summed E-state index contributed by atoms with van der Waals surface area (Å²) in [7, 11) is -3.67. The second kappa shape index (κ2) is 6.37. The molecule has 0 fully saturated rings. The lowest BCUT2D eigenvalue weighted by molar-refractivity contribution is -0.146. The van der Waals surface area contributed by atoms with Gasteiger partial charge in [0.05, 0.1) is 10.3 Å². The fraction of sp³-hybridized carbons (Fsp3) is 0.500. The van der Waals surface area contributed by atoms with Gasteiger partial charge in [-0.3, -0.25) is 4.79 Å². The summed E-state index contributed by atoms with van der Waals surface area (Å²) in [5.74, 6) is -1.04. The normalized spacial score (nSPS) is 12.3. The molecule has 0 aliphatic rings. The topological polar surface area (TPSA) is 83.5 Å². The maximum atomic E-state index is 12.1. The molecule has 0 amide bonds. The van der Waals surface area contributed by atoms with E-state index in [2.05, 4.69) is 11.6 Å². The molecule has 0 unspecified atom stereocenters. The monoisotopic (exact) mass is 299 g/mol. The quantitative estimate of drug-likeness (QED) is 0.807. The van der Waals surface area contributed by atoms with Crippen molar-refractivity contribution in [3.8, 4) is 0 Å². The van der Waals surface area contributed by atoms with Crippen LogP contribution in [0.1, 0.15) is 32.8 Å². The molecule has 0 aliphatic heterocycles. The molecular weight excluding hydrogens is 278 g/mol. The Bertz CT molecular complexity index is 561. The van der Waals surface area contributed by atoms with Crippen LogP contribution >= 0.6 is 0 Å². The van der Waals surface area contributed by atoms with Crippen molar-refractivity contribution < 1.29 is 18.3 Å². The van der Waals surface area contributed by atoms with Crippen LogP contribution in [-0.2, 0) is 21.2 Å². The number of sulfonamides is 1. The number of aryl methyl sites for hydroxylation is 1. The first kappa shape index (κ1) is 16.7. The molecule has 0 heterocycles. The highest BCUT2D eigenvalue weighted by Crippen LogP contribution is 2.16. The van der Waals surface area contributed by atoms with Gasteiger partial charge in [-0.25, -0.2) is 13.1 Å². The van der Waals surface area contributed by atoms with Gasteiger partial charge in [0.25, 0.3) is 0 Å². The zero-order valence-corrected chi connectivity index (χ0v) is 12.8. The van der Waals surface area contributed by atoms with Crippen LogP contribution in [0.2, 0.25) is 0 Å². The lowest BCUT2D eigenvalue weighted by Crippen LogP contribution is -2.38. The third-order valence-corrected chi connectivity index (χ3v) is 4.47. The molecular formula is C14H21NO4S. The van der Waals surface area contributed by atoms with Gasteiger partial charge in [-0.05, 0) is 38.0 Å². The van der Waals surface area contributed by atoms with Gasteiger partial charge >= 0.3 is 5.97 Å². The number of rotatable bonds is 7. The molecule has 0 aromatic heterocycles. The van der Waals surface area contributed by atoms with Crippen LogP contribution in [0, 0.1) is 5.41 Å². The minimum absolute atomic E-state index is 0.151. The largest absolute Gasteiger partial charge is 0.481 e. The average molecular weight is 299 g/mol. The molecule has 20 heavy (non-hydrogen) atoms. The molecule has 1 aromatic carbocycles. The van der Waals surface area contributed by atoms with Crippen molar-refractivity contribution in [3.63, 3.8) is 0 Å². The molecule has 0 atom stereocenters. The van der Waals surface area contributed by atoms with Crippen molar-refractivity contribution in [2.24, 2.45) is 5.41 Å². The van der Waals surface area contributed by atoms with E-state index in [4.69, 9.17) is 5.11 Å². The van der Waals surface area contributed by atoms with Crippen molar-refractivity contribution in [1.82, 2.24) is 4.72 Å². The first-order valence-corrected chi connectivity index (χ1v) is 7.99. The number of nitrogens with one attached hydrogen (secondary N) is 1. The summed E-state index contributed by atoms with van der Waals surface area (Å²) >= 11 is 0. The number of aliphatic carboxylic acids is 1. The molecule has 2 N–H and O–H groups in total. The van der Waals surface area contributed by atoms with Crippen LogP contribution in [0.25, 0.3) is 0 Å². The van der Waals surface area contributed by atoms with Crippen LogP contribution in [-0.4, -0.2) is 26.0 Å². The number of hydrogen-bond donors (Lipinski definition) is 2. The van der Waals surface area contributed by atoms with Gasteiger partial charge in [-0.1, -0.05) is 25.5 Å². The van der Waals surface area contributed by atoms with Crippen molar-refractivity contribution >= 4 is 16.0 Å². The summed E-state index contributed by atoms with van der Waals surface area (Å²) < 4.78 is 26.5. The second-order valence-corrected chi connectivity index (χ2v) is 7.17. The van der Waals surface area contributed by atoms with Crippen LogP contribution in [0.15, 0.2) is 29.2 Å². The number of carbonyl (C=O) groups is 1. The summed E-state index contributed by atoms with van der Waals surface area (Å²) in [5.41, 5.74) is -0.0628. The molecule has 0 aliphatic carbocycles. The molecule has 6 heteroatoms. The van der Waals surface area contributed by atoms with E-state index in [0.29, 0.717) is 0 Å². The van der Waals surface area contributed by atoms with Gasteiger partial charge in [0, 0.05) is 6.54 Å². The van der Waals surface area contributed by atoms with E-state index in [-0.39, 0.29) is 11.4 Å². The molecule has 0 saturated heterocycles. The fourth-order valence-corrected chi connectivity index (χ4v) is 2.77. The Labute approximate surface area is 120 Å². The predicted molar refractivity (Wildman–Crippen MR) is 77.0 cm³/mol. The molecule has 1 rings (SSSR count). The molecule has 1 aromatic rings. The van der Waals surface area contributed by atoms with Gasteiger partial charge in [0.1, 0.15) is 0 Å². The van der Waals surface area contributed by atoms with Gasteiger partial charge in [0.15, 0.2) is 0 Å². The first-order valence-electron chi connectivity index (χ1n) is 6.51. The van der Waals surface area contributed by atoms with Crippen molar-refractivity contribution in [3.05, 3.63) is 29.8 Å². The molecule has 112 valence electrons. The lowest BCUT2D eigenvalue weighted by atomic mass is 9.95. The van der Waals surface area contributed by atoms with E-state index in [9.17, 15) is 13.2 Å². The van der Waals surface area contributed by atoms with E-state index in [1.54, 1.807) is 24.3 Å². The second-order valence-electron chi connectivity index (χ2n) is 5.41. The zero-order valence-electron chi connectivity index (χ0n) is 12.0. The van der Waals surface area contributed by atoms with Gasteiger partial charge in [-0.2, -0.15) is 0 Å². The highest BCUT2D eigenvalue weighted by atomic mass is 32.2. The lowest BCUT2D eigenvalue weighted by Gasteiger charge is -2.19. The summed E-state index contributed by atoms with van der Waals surface area (Å²) in [4.78, 5) is 11.1. The van der Waals surface area contributed by atoms with Crippen LogP contribution in [0.5, 0.6) is 0 Å². The Morgan fingerprint density at radius 2 is 1.80 bits per heavy atom. The van der Waals surface area contributed by atoms with Crippen molar-refractivity contribution in [2.75, 3.05) is 6.54 Å². The van der Waals surface area contributed by atoms with E-state index in [0.717, 1.165) is 18.4 Å². The van der Waals surface area contributed by atoms with Gasteiger partial charge < -0.3 is 5.11 Å². The summed E-state index contributed by atoms with van der Waals surface area (Å²) in [6.45, 7) is 4.85. The number of carboxylic acids is 1. The van der Waals surface area contributed by atoms with E-state index >= 15 is 0 Å². The average Bonchev–Trinajstić information content (AvgIpc) is 2.38. The Morgan fingerprint density at radius 1 is 1.25 bits per heavy atom. The minimum atomic E-state index is -3.67. The fourth-order valence-electron chi connectivity index (χ4n) is 1.56. The number of benzene rings is 1. The van der Waals surface area contributed by atoms with Crippen molar-refractivity contribution in [1.29, 1.82) is 0 Å². The Kier molecular flexibility index (Phi) is 5.30. The predicted octanol–water partition coefficient (Wildman–Crippen LogP) is 2.03. The highest BCUT2D eigenvalue weighted by molar-refractivity contribution is 7.89. The smallest absolute Gasteiger partial charge is 0.310 e. The number of carboxylic acid groups (broad SMARTS) is 1. The third kappa shape index (κ3) is 4.31. The van der Waals surface area contributed by atoms with E-state index < -0.39 is 21.4 Å². The Balaban J connectivity index is 2.81. The van der Waals surface area contributed by atoms with Gasteiger partial charge in [-0.15, -0.1) is 0 Å². The van der Waals surface area contributed by atoms with Crippen LogP contribution in [0.4, 0.5) is 0 Å². The minimum Gasteiger partial charge on any atom is -0.481 e. The molecule has 0 spiro atoms. The van der Waals surface area contributed by atoms with Crippen LogP contribution < -0.4 is 4.72 Å². The number of hydrogen-bond acceptors (Lipinski definition) is 3. The van der Waals surface area contributed by atoms with Crippen LogP contribution in [0.3, 0.4) is 0 Å². The maximum absolute atomic E-state index is 12.1. The molecule has 0 bridgehead atoms. The molecule has 5 nitrogen and oxygen atoms in total. The Hall–Kier alpha value is -1.40. The summed E-state index contributed by atoms with van der Waals surface area (Å²) in [5, 5.41) is 8.97. The summed E-state index contributed by atoms with van der Waals surface area (Å²) in [6.07, 6.45) is 1.90. The SMILES string of the molecule is CCCc1ccc(S(=O)(=O)NCC(C)(C)C(=O)O)cc1. The highest BCUT2D eigenvalue weighted by Gasteiger charge is 2.29. The van der Waals surface area contributed by atoms with E-state index in [1.165, 1.54) is 13.8 Å². The maximum Gasteiger partial charge on any atom is 0.310 e. The van der Waals surface area contributed by atoms with Gasteiger partial charge in [0.2, 0.25) is 10.0 Å².